The lowest BCUT2D eigenvalue weighted by Crippen LogP contribution is -2.31. The SMILES string of the molecule is CCCC=C(C)C(=O)O[SiH](OCCCC)OCCCC. The van der Waals surface area contributed by atoms with Crippen molar-refractivity contribution in [1.82, 2.24) is 0 Å². The highest BCUT2D eigenvalue weighted by Gasteiger charge is 2.21. The summed E-state index contributed by atoms with van der Waals surface area (Å²) >= 11 is 0. The van der Waals surface area contributed by atoms with Gasteiger partial charge in [0.15, 0.2) is 0 Å². The topological polar surface area (TPSA) is 44.8 Å². The molecule has 0 atom stereocenters. The molecule has 0 unspecified atom stereocenters. The summed E-state index contributed by atoms with van der Waals surface area (Å²) in [5.41, 5.74) is 0.641. The molecule has 4 nitrogen and oxygen atoms in total. The van der Waals surface area contributed by atoms with E-state index in [0.717, 1.165) is 38.5 Å². The van der Waals surface area contributed by atoms with Crippen LogP contribution in [0.1, 0.15) is 66.2 Å². The minimum atomic E-state index is -2.34. The monoisotopic (exact) mass is 302 g/mol. The zero-order valence-corrected chi connectivity index (χ0v) is 14.6. The quantitative estimate of drug-likeness (QED) is 0.314. The van der Waals surface area contributed by atoms with E-state index in [-0.39, 0.29) is 5.97 Å². The molecule has 0 aliphatic rings. The van der Waals surface area contributed by atoms with Gasteiger partial charge < -0.3 is 13.3 Å². The van der Waals surface area contributed by atoms with Crippen LogP contribution in [0.25, 0.3) is 0 Å². The Morgan fingerprint density at radius 1 is 1.00 bits per heavy atom. The fourth-order valence-electron chi connectivity index (χ4n) is 1.39. The van der Waals surface area contributed by atoms with Crippen LogP contribution in [0.3, 0.4) is 0 Å². The van der Waals surface area contributed by atoms with Crippen LogP contribution in [0.15, 0.2) is 11.6 Å². The van der Waals surface area contributed by atoms with Gasteiger partial charge in [0.1, 0.15) is 0 Å². The van der Waals surface area contributed by atoms with Crippen molar-refractivity contribution in [2.24, 2.45) is 0 Å². The third kappa shape index (κ3) is 10.2. The maximum absolute atomic E-state index is 11.9. The third-order valence-electron chi connectivity index (χ3n) is 2.77. The zero-order valence-electron chi connectivity index (χ0n) is 13.4. The van der Waals surface area contributed by atoms with Crippen molar-refractivity contribution in [3.63, 3.8) is 0 Å². The lowest BCUT2D eigenvalue weighted by molar-refractivity contribution is -0.133. The molecule has 0 spiro atoms. The fourth-order valence-corrected chi connectivity index (χ4v) is 2.70. The second-order valence-electron chi connectivity index (χ2n) is 4.82. The molecule has 0 heterocycles. The molecule has 0 aromatic carbocycles. The van der Waals surface area contributed by atoms with Gasteiger partial charge in [0.2, 0.25) is 0 Å². The van der Waals surface area contributed by atoms with Crippen molar-refractivity contribution >= 4 is 15.5 Å². The summed E-state index contributed by atoms with van der Waals surface area (Å²) < 4.78 is 16.6. The van der Waals surface area contributed by atoms with Gasteiger partial charge in [-0.3, -0.25) is 0 Å². The van der Waals surface area contributed by atoms with Gasteiger partial charge in [0.05, 0.1) is 0 Å². The Labute approximate surface area is 125 Å². The van der Waals surface area contributed by atoms with Crippen molar-refractivity contribution in [3.8, 4) is 0 Å². The smallest absolute Gasteiger partial charge is 0.472 e. The van der Waals surface area contributed by atoms with Gasteiger partial charge in [-0.1, -0.05) is 46.1 Å². The molecule has 118 valence electrons. The normalized spacial score (nSPS) is 11.9. The van der Waals surface area contributed by atoms with E-state index in [9.17, 15) is 4.79 Å². The fraction of sp³-hybridized carbons (Fsp3) is 0.800. The minimum absolute atomic E-state index is 0.303. The summed E-state index contributed by atoms with van der Waals surface area (Å²) in [6, 6.07) is 0. The first-order valence-corrected chi connectivity index (χ1v) is 9.18. The Hall–Kier alpha value is -0.653. The van der Waals surface area contributed by atoms with E-state index in [1.807, 2.05) is 6.08 Å². The molecule has 0 aromatic rings. The first-order valence-electron chi connectivity index (χ1n) is 7.76. The van der Waals surface area contributed by atoms with Gasteiger partial charge in [-0.2, -0.15) is 0 Å². The van der Waals surface area contributed by atoms with E-state index in [2.05, 4.69) is 20.8 Å². The van der Waals surface area contributed by atoms with Crippen molar-refractivity contribution < 1.29 is 18.1 Å². The molecule has 5 heteroatoms. The zero-order chi connectivity index (χ0) is 15.2. The van der Waals surface area contributed by atoms with Crippen LogP contribution in [-0.2, 0) is 18.1 Å². The van der Waals surface area contributed by atoms with E-state index >= 15 is 0 Å². The summed E-state index contributed by atoms with van der Waals surface area (Å²) in [5.74, 6) is -0.303. The maximum atomic E-state index is 11.9. The molecule has 20 heavy (non-hydrogen) atoms. The molecule has 0 aliphatic carbocycles. The maximum Gasteiger partial charge on any atom is 0.551 e. The van der Waals surface area contributed by atoms with Crippen molar-refractivity contribution in [1.29, 1.82) is 0 Å². The number of unbranched alkanes of at least 4 members (excludes halogenated alkanes) is 3. The molecule has 0 saturated heterocycles. The predicted octanol–water partition coefficient (Wildman–Crippen LogP) is 3.63. The largest absolute Gasteiger partial charge is 0.551 e. The van der Waals surface area contributed by atoms with Gasteiger partial charge >= 0.3 is 15.5 Å². The van der Waals surface area contributed by atoms with Crippen LogP contribution in [0.2, 0.25) is 0 Å². The van der Waals surface area contributed by atoms with Crippen LogP contribution in [-0.4, -0.2) is 28.7 Å². The molecule has 0 amide bonds. The van der Waals surface area contributed by atoms with Crippen LogP contribution < -0.4 is 0 Å². The van der Waals surface area contributed by atoms with Crippen molar-refractivity contribution in [2.45, 2.75) is 66.2 Å². The molecular weight excluding hydrogens is 272 g/mol. The summed E-state index contributed by atoms with van der Waals surface area (Å²) in [6.07, 6.45) is 7.85. The van der Waals surface area contributed by atoms with Gasteiger partial charge in [-0.05, 0) is 26.2 Å². The van der Waals surface area contributed by atoms with E-state index in [1.54, 1.807) is 6.92 Å². The number of carbonyl (C=O) groups is 1. The minimum Gasteiger partial charge on any atom is -0.472 e. The summed E-state index contributed by atoms with van der Waals surface area (Å²) in [7, 11) is -2.34. The highest BCUT2D eigenvalue weighted by atomic mass is 28.3. The Kier molecular flexibility index (Phi) is 12.9. The third-order valence-corrected chi connectivity index (χ3v) is 4.19. The summed E-state index contributed by atoms with van der Waals surface area (Å²) in [4.78, 5) is 11.9. The van der Waals surface area contributed by atoms with E-state index in [0.29, 0.717) is 18.8 Å². The molecule has 0 radical (unpaired) electrons. The van der Waals surface area contributed by atoms with Gasteiger partial charge in [-0.15, -0.1) is 0 Å². The number of allylic oxidation sites excluding steroid dienone is 1. The molecule has 0 N–H and O–H groups in total. The molecule has 0 fully saturated rings. The van der Waals surface area contributed by atoms with Gasteiger partial charge in [0.25, 0.3) is 0 Å². The Morgan fingerprint density at radius 2 is 1.55 bits per heavy atom. The summed E-state index contributed by atoms with van der Waals surface area (Å²) in [5, 5.41) is 0. The average molecular weight is 302 g/mol. The standard InChI is InChI=1S/C15H30O4Si/c1-5-8-11-14(4)15(16)19-20(17-12-9-6-2)18-13-10-7-3/h11,20H,5-10,12-13H2,1-4H3. The highest BCUT2D eigenvalue weighted by molar-refractivity contribution is 6.39. The molecule has 0 bridgehead atoms. The molecule has 0 aromatic heterocycles. The van der Waals surface area contributed by atoms with Gasteiger partial charge in [0, 0.05) is 18.8 Å². The Balaban J connectivity index is 4.26. The molecular formula is C15H30O4Si. The van der Waals surface area contributed by atoms with Crippen LogP contribution in [0.5, 0.6) is 0 Å². The van der Waals surface area contributed by atoms with Crippen LogP contribution in [0.4, 0.5) is 0 Å². The Morgan fingerprint density at radius 3 is 2.00 bits per heavy atom. The van der Waals surface area contributed by atoms with Crippen molar-refractivity contribution in [3.05, 3.63) is 11.6 Å². The first kappa shape index (κ1) is 19.3. The van der Waals surface area contributed by atoms with Crippen molar-refractivity contribution in [2.75, 3.05) is 13.2 Å². The second-order valence-corrected chi connectivity index (χ2v) is 6.30. The second kappa shape index (κ2) is 13.3. The predicted molar refractivity (Wildman–Crippen MR) is 83.6 cm³/mol. The first-order chi connectivity index (χ1) is 9.65. The molecule has 0 rings (SSSR count). The van der Waals surface area contributed by atoms with E-state index in [4.69, 9.17) is 13.3 Å². The Bertz CT molecular complexity index is 269. The number of carbonyl (C=O) groups excluding carboxylic acids is 1. The highest BCUT2D eigenvalue weighted by Crippen LogP contribution is 2.05. The molecule has 0 saturated carbocycles. The lowest BCUT2D eigenvalue weighted by atomic mass is 10.2. The van der Waals surface area contributed by atoms with E-state index < -0.39 is 9.53 Å². The average Bonchev–Trinajstić information content (AvgIpc) is 2.44. The molecule has 0 aliphatic heterocycles. The number of hydrogen-bond donors (Lipinski definition) is 0. The lowest BCUT2D eigenvalue weighted by Gasteiger charge is -2.16. The summed E-state index contributed by atoms with van der Waals surface area (Å²) in [6.45, 7) is 9.26. The van der Waals surface area contributed by atoms with Gasteiger partial charge in [-0.25, -0.2) is 4.79 Å². The number of hydrogen-bond acceptors (Lipinski definition) is 4. The van der Waals surface area contributed by atoms with Crippen LogP contribution in [0, 0.1) is 0 Å². The number of rotatable bonds is 12. The van der Waals surface area contributed by atoms with Crippen LogP contribution >= 0.6 is 0 Å². The van der Waals surface area contributed by atoms with E-state index in [1.165, 1.54) is 0 Å².